The van der Waals surface area contributed by atoms with Crippen molar-refractivity contribution in [3.63, 3.8) is 0 Å². The quantitative estimate of drug-likeness (QED) is 0.634. The van der Waals surface area contributed by atoms with Gasteiger partial charge in [-0.25, -0.2) is 4.57 Å². The van der Waals surface area contributed by atoms with Crippen molar-refractivity contribution in [1.82, 2.24) is 4.98 Å². The normalized spacial score (nSPS) is 10.2. The second-order valence-corrected chi connectivity index (χ2v) is 4.52. The Morgan fingerprint density at radius 3 is 2.60 bits per heavy atom. The van der Waals surface area contributed by atoms with E-state index in [4.69, 9.17) is 0 Å². The largest absolute Gasteiger partial charge is 1.00 e. The third-order valence-electron chi connectivity index (χ3n) is 3.29. The van der Waals surface area contributed by atoms with E-state index in [9.17, 15) is 4.79 Å². The predicted octanol–water partition coefficient (Wildman–Crippen LogP) is -0.493. The standard InChI is InChI=1S/C16H14N2O.ClH/c1-2-18-9-8-13-10-15(12-6-4-3-5-7-12)17-16(19)14(13)11-18;/h3-11H,2H2,1H3;1H. The van der Waals surface area contributed by atoms with Crippen LogP contribution in [-0.2, 0) is 6.54 Å². The molecule has 0 aliphatic carbocycles. The van der Waals surface area contributed by atoms with Crippen molar-refractivity contribution in [2.75, 3.05) is 0 Å². The number of hydrogen-bond acceptors (Lipinski definition) is 1. The van der Waals surface area contributed by atoms with Gasteiger partial charge in [0.05, 0.1) is 0 Å². The van der Waals surface area contributed by atoms with Crippen molar-refractivity contribution in [3.8, 4) is 11.3 Å². The van der Waals surface area contributed by atoms with Crippen LogP contribution in [0.25, 0.3) is 22.0 Å². The van der Waals surface area contributed by atoms with Crippen molar-refractivity contribution in [2.45, 2.75) is 13.5 Å². The number of aromatic nitrogens is 2. The number of aryl methyl sites for hydroxylation is 1. The van der Waals surface area contributed by atoms with Gasteiger partial charge in [0.1, 0.15) is 11.9 Å². The third kappa shape index (κ3) is 2.58. The molecule has 0 amide bonds. The average molecular weight is 287 g/mol. The summed E-state index contributed by atoms with van der Waals surface area (Å²) in [5.41, 5.74) is 1.83. The molecule has 3 nitrogen and oxygen atoms in total. The maximum atomic E-state index is 12.2. The fourth-order valence-corrected chi connectivity index (χ4v) is 2.22. The summed E-state index contributed by atoms with van der Waals surface area (Å²) in [7, 11) is 0. The Morgan fingerprint density at radius 2 is 1.90 bits per heavy atom. The van der Waals surface area contributed by atoms with E-state index >= 15 is 0 Å². The first-order valence-electron chi connectivity index (χ1n) is 6.39. The summed E-state index contributed by atoms with van der Waals surface area (Å²) in [4.78, 5) is 15.1. The van der Waals surface area contributed by atoms with Crippen LogP contribution in [-0.4, -0.2) is 4.98 Å². The van der Waals surface area contributed by atoms with Crippen molar-refractivity contribution in [2.24, 2.45) is 0 Å². The molecule has 0 spiro atoms. The topological polar surface area (TPSA) is 36.7 Å². The van der Waals surface area contributed by atoms with Crippen LogP contribution in [0, 0.1) is 0 Å². The molecule has 0 atom stereocenters. The first-order valence-corrected chi connectivity index (χ1v) is 6.39. The first-order chi connectivity index (χ1) is 9.28. The summed E-state index contributed by atoms with van der Waals surface area (Å²) in [6.07, 6.45) is 3.89. The Kier molecular flexibility index (Phi) is 4.20. The van der Waals surface area contributed by atoms with Gasteiger partial charge in [0.2, 0.25) is 0 Å². The number of fused-ring (bicyclic) bond motifs is 1. The molecule has 2 heterocycles. The molecule has 1 aromatic carbocycles. The fourth-order valence-electron chi connectivity index (χ4n) is 2.22. The van der Waals surface area contributed by atoms with Crippen molar-refractivity contribution in [1.29, 1.82) is 0 Å². The maximum absolute atomic E-state index is 12.2. The number of nitrogens with one attached hydrogen (secondary N) is 1. The van der Waals surface area contributed by atoms with Gasteiger partial charge >= 0.3 is 0 Å². The number of halogens is 1. The summed E-state index contributed by atoms with van der Waals surface area (Å²) in [6, 6.07) is 13.9. The highest BCUT2D eigenvalue weighted by atomic mass is 35.5. The second kappa shape index (κ2) is 5.88. The highest BCUT2D eigenvalue weighted by molar-refractivity contribution is 5.83. The molecule has 0 radical (unpaired) electrons. The van der Waals surface area contributed by atoms with Crippen LogP contribution >= 0.6 is 0 Å². The van der Waals surface area contributed by atoms with E-state index in [-0.39, 0.29) is 18.0 Å². The minimum atomic E-state index is -0.0425. The van der Waals surface area contributed by atoms with Crippen LogP contribution in [0.4, 0.5) is 0 Å². The Hall–Kier alpha value is -2.13. The van der Waals surface area contributed by atoms with Gasteiger partial charge < -0.3 is 17.4 Å². The fraction of sp³-hybridized carbons (Fsp3) is 0.125. The van der Waals surface area contributed by atoms with Crippen molar-refractivity contribution < 1.29 is 17.0 Å². The molecule has 0 saturated carbocycles. The van der Waals surface area contributed by atoms with Crippen LogP contribution in [0.3, 0.4) is 0 Å². The molecular weight excluding hydrogens is 272 g/mol. The highest BCUT2D eigenvalue weighted by Gasteiger charge is 2.07. The molecule has 102 valence electrons. The SMILES string of the molecule is CC[n+]1ccc2cc(-c3ccccc3)[nH]c(=O)c2c1.[Cl-]. The van der Waals surface area contributed by atoms with E-state index in [1.54, 1.807) is 0 Å². The second-order valence-electron chi connectivity index (χ2n) is 4.52. The number of aromatic amines is 1. The van der Waals surface area contributed by atoms with Gasteiger partial charge in [0, 0.05) is 17.1 Å². The maximum Gasteiger partial charge on any atom is 0.262 e. The lowest BCUT2D eigenvalue weighted by atomic mass is 10.1. The highest BCUT2D eigenvalue weighted by Crippen LogP contribution is 2.18. The average Bonchev–Trinajstić information content (AvgIpc) is 2.48. The van der Waals surface area contributed by atoms with Gasteiger partial charge in [-0.2, -0.15) is 0 Å². The van der Waals surface area contributed by atoms with Gasteiger partial charge in [-0.1, -0.05) is 30.3 Å². The Labute approximate surface area is 123 Å². The lowest BCUT2D eigenvalue weighted by Gasteiger charge is -2.03. The number of hydrogen-bond donors (Lipinski definition) is 1. The summed E-state index contributed by atoms with van der Waals surface area (Å²) in [5.74, 6) is 0. The lowest BCUT2D eigenvalue weighted by molar-refractivity contribution is -0.692. The third-order valence-corrected chi connectivity index (χ3v) is 3.29. The molecule has 3 rings (SSSR count). The van der Waals surface area contributed by atoms with Crippen LogP contribution in [0.15, 0.2) is 59.7 Å². The van der Waals surface area contributed by atoms with Gasteiger partial charge in [0.25, 0.3) is 5.56 Å². The van der Waals surface area contributed by atoms with E-state index in [0.29, 0.717) is 0 Å². The van der Waals surface area contributed by atoms with Gasteiger partial charge in [0.15, 0.2) is 12.4 Å². The molecule has 0 aliphatic rings. The number of H-pyrrole nitrogens is 1. The number of nitrogens with zero attached hydrogens (tertiary/aromatic N) is 1. The van der Waals surface area contributed by atoms with E-state index in [0.717, 1.165) is 28.6 Å². The molecular formula is C16H15ClN2O. The molecule has 0 saturated heterocycles. The summed E-state index contributed by atoms with van der Waals surface area (Å²) < 4.78 is 2.00. The number of rotatable bonds is 2. The van der Waals surface area contributed by atoms with E-state index in [2.05, 4.69) is 11.9 Å². The van der Waals surface area contributed by atoms with Gasteiger partial charge in [-0.05, 0) is 18.6 Å². The summed E-state index contributed by atoms with van der Waals surface area (Å²) >= 11 is 0. The zero-order chi connectivity index (χ0) is 13.2. The van der Waals surface area contributed by atoms with Gasteiger partial charge in [-0.3, -0.25) is 4.79 Å². The molecule has 2 aromatic heterocycles. The van der Waals surface area contributed by atoms with Crippen LogP contribution in [0.1, 0.15) is 6.92 Å². The van der Waals surface area contributed by atoms with E-state index in [1.807, 2.05) is 59.4 Å². The molecule has 0 bridgehead atoms. The zero-order valence-electron chi connectivity index (χ0n) is 11.1. The molecule has 20 heavy (non-hydrogen) atoms. The van der Waals surface area contributed by atoms with E-state index in [1.165, 1.54) is 0 Å². The molecule has 4 heteroatoms. The molecule has 3 aromatic rings. The number of benzene rings is 1. The van der Waals surface area contributed by atoms with Crippen molar-refractivity contribution in [3.05, 3.63) is 65.2 Å². The molecule has 0 aliphatic heterocycles. The predicted molar refractivity (Wildman–Crippen MR) is 75.9 cm³/mol. The number of pyridine rings is 2. The minimum Gasteiger partial charge on any atom is -1.00 e. The van der Waals surface area contributed by atoms with Crippen molar-refractivity contribution >= 4 is 10.8 Å². The van der Waals surface area contributed by atoms with Crippen LogP contribution in [0.5, 0.6) is 0 Å². The van der Waals surface area contributed by atoms with Gasteiger partial charge in [-0.15, -0.1) is 0 Å². The summed E-state index contributed by atoms with van der Waals surface area (Å²) in [6.45, 7) is 2.91. The lowest BCUT2D eigenvalue weighted by Crippen LogP contribution is -3.00. The minimum absolute atomic E-state index is 0. The monoisotopic (exact) mass is 286 g/mol. The smallest absolute Gasteiger partial charge is 0.262 e. The summed E-state index contributed by atoms with van der Waals surface area (Å²) in [5, 5.41) is 1.69. The Morgan fingerprint density at radius 1 is 1.15 bits per heavy atom. The molecule has 0 unspecified atom stereocenters. The molecule has 0 fully saturated rings. The Balaban J connectivity index is 0.00000147. The first kappa shape index (κ1) is 14.3. The Bertz CT molecular complexity index is 781. The zero-order valence-corrected chi connectivity index (χ0v) is 11.9. The van der Waals surface area contributed by atoms with E-state index < -0.39 is 0 Å². The molecule has 1 N–H and O–H groups in total. The van der Waals surface area contributed by atoms with Crippen LogP contribution < -0.4 is 22.5 Å². The van der Waals surface area contributed by atoms with Crippen LogP contribution in [0.2, 0.25) is 0 Å².